The number of benzene rings is 1. The molecule has 2 aromatic heterocycles. The number of aromatic nitrogens is 3. The number of likely N-dealkylation sites (tertiary alicyclic amines) is 1. The monoisotopic (exact) mass is 515 g/mol. The van der Waals surface area contributed by atoms with Crippen LogP contribution in [0.1, 0.15) is 73.1 Å². The molecule has 1 saturated heterocycles. The van der Waals surface area contributed by atoms with Gasteiger partial charge in [-0.1, -0.05) is 30.3 Å². The summed E-state index contributed by atoms with van der Waals surface area (Å²) >= 11 is 0. The van der Waals surface area contributed by atoms with Crippen molar-refractivity contribution < 1.29 is 27.6 Å². The number of nitrogens with zero attached hydrogens (tertiary/aromatic N) is 3. The van der Waals surface area contributed by atoms with Gasteiger partial charge in [-0.25, -0.2) is 0 Å². The molecule has 0 spiro atoms. The molecule has 37 heavy (non-hydrogen) atoms. The van der Waals surface area contributed by atoms with Gasteiger partial charge in [-0.15, -0.1) is 0 Å². The van der Waals surface area contributed by atoms with Crippen molar-refractivity contribution in [2.24, 2.45) is 7.05 Å². The Morgan fingerprint density at radius 1 is 1.14 bits per heavy atom. The number of nitrogens with one attached hydrogen (secondary N) is 2. The number of hydrogen-bond donors (Lipinski definition) is 2. The molecule has 1 aliphatic heterocycles. The molecule has 0 bridgehead atoms. The van der Waals surface area contributed by atoms with Crippen molar-refractivity contribution in [1.29, 1.82) is 0 Å². The highest BCUT2D eigenvalue weighted by molar-refractivity contribution is 6.02. The number of halogens is 3. The first kappa shape index (κ1) is 26.2. The van der Waals surface area contributed by atoms with E-state index >= 15 is 0 Å². The number of aromatic amines is 1. The molecule has 3 aromatic rings. The molecule has 0 unspecified atom stereocenters. The first-order valence-corrected chi connectivity index (χ1v) is 11.8. The Hall–Kier alpha value is -3.89. The van der Waals surface area contributed by atoms with Crippen LogP contribution < -0.4 is 5.32 Å². The van der Waals surface area contributed by atoms with Gasteiger partial charge >= 0.3 is 6.18 Å². The van der Waals surface area contributed by atoms with Crippen LogP contribution in [0, 0.1) is 13.8 Å². The Bertz CT molecular complexity index is 1340. The summed E-state index contributed by atoms with van der Waals surface area (Å²) in [5, 5.41) is 6.29. The highest BCUT2D eigenvalue weighted by Gasteiger charge is 2.38. The summed E-state index contributed by atoms with van der Waals surface area (Å²) in [5.74, 6) is -1.35. The molecule has 2 atom stereocenters. The second-order valence-corrected chi connectivity index (χ2v) is 9.35. The quantitative estimate of drug-likeness (QED) is 0.502. The first-order chi connectivity index (χ1) is 17.4. The van der Waals surface area contributed by atoms with Crippen molar-refractivity contribution >= 4 is 17.6 Å². The van der Waals surface area contributed by atoms with Crippen LogP contribution in [0.4, 0.5) is 13.2 Å². The second kappa shape index (κ2) is 9.87. The minimum absolute atomic E-state index is 0.127. The van der Waals surface area contributed by atoms with E-state index in [9.17, 15) is 27.6 Å². The maximum atomic E-state index is 13.5. The average molecular weight is 516 g/mol. The minimum atomic E-state index is -4.66. The molecule has 11 heteroatoms. The number of piperidine rings is 1. The van der Waals surface area contributed by atoms with Crippen molar-refractivity contribution in [3.63, 3.8) is 0 Å². The lowest BCUT2D eigenvalue weighted by molar-refractivity contribution is -0.141. The van der Waals surface area contributed by atoms with Crippen LogP contribution in [0.5, 0.6) is 0 Å². The third kappa shape index (κ3) is 5.16. The lowest BCUT2D eigenvalue weighted by Crippen LogP contribution is -2.51. The molecule has 1 fully saturated rings. The molecule has 8 nitrogen and oxygen atoms in total. The summed E-state index contributed by atoms with van der Waals surface area (Å²) < 4.78 is 40.1. The fourth-order valence-electron chi connectivity index (χ4n) is 5.06. The Balaban J connectivity index is 1.59. The zero-order valence-corrected chi connectivity index (χ0v) is 20.9. The van der Waals surface area contributed by atoms with Crippen molar-refractivity contribution in [2.45, 2.75) is 45.3 Å². The van der Waals surface area contributed by atoms with Crippen LogP contribution in [0.25, 0.3) is 0 Å². The highest BCUT2D eigenvalue weighted by Crippen LogP contribution is 2.31. The number of ketones is 1. The molecule has 1 aliphatic rings. The largest absolute Gasteiger partial charge is 0.435 e. The number of hydrogen-bond acceptors (Lipinski definition) is 4. The zero-order chi connectivity index (χ0) is 27.1. The molecule has 4 rings (SSSR count). The van der Waals surface area contributed by atoms with E-state index in [1.165, 1.54) is 14.0 Å². The van der Waals surface area contributed by atoms with Crippen molar-refractivity contribution in [2.75, 3.05) is 13.1 Å². The Kier molecular flexibility index (Phi) is 6.98. The predicted octanol–water partition coefficient (Wildman–Crippen LogP) is 4.01. The van der Waals surface area contributed by atoms with E-state index in [1.807, 2.05) is 30.3 Å². The number of amides is 2. The fraction of sp³-hybridized carbons (Fsp3) is 0.385. The molecule has 3 heterocycles. The summed E-state index contributed by atoms with van der Waals surface area (Å²) in [6, 6.07) is 9.64. The summed E-state index contributed by atoms with van der Waals surface area (Å²) in [7, 11) is 1.29. The van der Waals surface area contributed by atoms with Gasteiger partial charge in [-0.05, 0) is 38.3 Å². The van der Waals surface area contributed by atoms with Crippen LogP contribution in [0.3, 0.4) is 0 Å². The SMILES string of the molecule is CC(=O)c1c(C)[nH]c(C(=O)N2CC[C@@H](NC(=O)c3cc(C(F)(F)F)nn3C)[C@@H](c3ccccc3)C2)c1C. The smallest absolute Gasteiger partial charge is 0.354 e. The number of H-pyrrole nitrogens is 1. The molecular formula is C26H28F3N5O3. The van der Waals surface area contributed by atoms with Crippen molar-refractivity contribution in [1.82, 2.24) is 25.0 Å². The van der Waals surface area contributed by atoms with Crippen molar-refractivity contribution in [3.05, 3.63) is 75.9 Å². The highest BCUT2D eigenvalue weighted by atomic mass is 19.4. The van der Waals surface area contributed by atoms with E-state index in [0.717, 1.165) is 16.3 Å². The molecule has 0 radical (unpaired) electrons. The van der Waals surface area contributed by atoms with Gasteiger partial charge < -0.3 is 15.2 Å². The number of carbonyl (C=O) groups excluding carboxylic acids is 3. The van der Waals surface area contributed by atoms with E-state index in [0.29, 0.717) is 35.5 Å². The maximum Gasteiger partial charge on any atom is 0.435 e. The molecular weight excluding hydrogens is 487 g/mol. The van der Waals surface area contributed by atoms with Gasteiger partial charge in [-0.3, -0.25) is 19.1 Å². The van der Waals surface area contributed by atoms with Gasteiger partial charge in [0.15, 0.2) is 11.5 Å². The van der Waals surface area contributed by atoms with Gasteiger partial charge in [0.05, 0.1) is 0 Å². The number of alkyl halides is 3. The number of carbonyl (C=O) groups is 3. The number of Topliss-reactive ketones (excluding diaryl/α,β-unsaturated/α-hetero) is 1. The van der Waals surface area contributed by atoms with Crippen LogP contribution in [0.15, 0.2) is 36.4 Å². The van der Waals surface area contributed by atoms with E-state index in [1.54, 1.807) is 18.7 Å². The van der Waals surface area contributed by atoms with Crippen molar-refractivity contribution in [3.8, 4) is 0 Å². The summed E-state index contributed by atoms with van der Waals surface area (Å²) in [5.41, 5.74) is 1.62. The predicted molar refractivity (Wildman–Crippen MR) is 129 cm³/mol. The third-order valence-electron chi connectivity index (χ3n) is 6.85. The topological polar surface area (TPSA) is 100 Å². The van der Waals surface area contributed by atoms with E-state index < -0.39 is 23.8 Å². The van der Waals surface area contributed by atoms with Crippen LogP contribution in [-0.2, 0) is 13.2 Å². The van der Waals surface area contributed by atoms with Crippen LogP contribution >= 0.6 is 0 Å². The lowest BCUT2D eigenvalue weighted by atomic mass is 9.85. The lowest BCUT2D eigenvalue weighted by Gasteiger charge is -2.39. The molecule has 0 aliphatic carbocycles. The second-order valence-electron chi connectivity index (χ2n) is 9.35. The molecule has 2 N–H and O–H groups in total. The molecule has 0 saturated carbocycles. The fourth-order valence-corrected chi connectivity index (χ4v) is 5.06. The molecule has 196 valence electrons. The minimum Gasteiger partial charge on any atom is -0.354 e. The Morgan fingerprint density at radius 3 is 2.38 bits per heavy atom. The third-order valence-corrected chi connectivity index (χ3v) is 6.85. The van der Waals surface area contributed by atoms with Gasteiger partial charge in [0.1, 0.15) is 11.4 Å². The number of rotatable bonds is 5. The maximum absolute atomic E-state index is 13.5. The van der Waals surface area contributed by atoms with Crippen LogP contribution in [-0.4, -0.2) is 56.4 Å². The molecule has 2 amide bonds. The van der Waals surface area contributed by atoms with E-state index in [2.05, 4.69) is 15.4 Å². The van der Waals surface area contributed by atoms with E-state index in [-0.39, 0.29) is 29.8 Å². The van der Waals surface area contributed by atoms with Gasteiger partial charge in [0.25, 0.3) is 11.8 Å². The van der Waals surface area contributed by atoms with Gasteiger partial charge in [0, 0.05) is 49.4 Å². The summed E-state index contributed by atoms with van der Waals surface area (Å²) in [4.78, 5) is 43.2. The standard InChI is InChI=1S/C26H28F3N5O3/c1-14-22(16(3)35)15(2)30-23(14)25(37)34-11-10-19(18(13-34)17-8-6-5-7-9-17)31-24(36)20-12-21(26(27,28)29)32-33(20)4/h5-9,12,18-19,30H,10-11,13H2,1-4H3,(H,31,36)/t18-,19-/m1/s1. The first-order valence-electron chi connectivity index (χ1n) is 11.8. The Labute approximate surface area is 211 Å². The summed E-state index contributed by atoms with van der Waals surface area (Å²) in [6.07, 6.45) is -4.27. The van der Waals surface area contributed by atoms with E-state index in [4.69, 9.17) is 0 Å². The normalized spacial score (nSPS) is 18.1. The van der Waals surface area contributed by atoms with Crippen LogP contribution in [0.2, 0.25) is 0 Å². The Morgan fingerprint density at radius 2 is 1.81 bits per heavy atom. The van der Waals surface area contributed by atoms with Gasteiger partial charge in [0.2, 0.25) is 0 Å². The van der Waals surface area contributed by atoms with Gasteiger partial charge in [-0.2, -0.15) is 18.3 Å². The average Bonchev–Trinajstić information content (AvgIpc) is 3.38. The molecule has 1 aromatic carbocycles. The number of aryl methyl sites for hydroxylation is 2. The summed E-state index contributed by atoms with van der Waals surface area (Å²) in [6.45, 7) is 5.53. The zero-order valence-electron chi connectivity index (χ0n) is 20.9.